The van der Waals surface area contributed by atoms with E-state index in [9.17, 15) is 9.59 Å². The lowest BCUT2D eigenvalue weighted by Gasteiger charge is -2.05. The Morgan fingerprint density at radius 2 is 1.71 bits per heavy atom. The van der Waals surface area contributed by atoms with Crippen LogP contribution in [0.3, 0.4) is 0 Å². The van der Waals surface area contributed by atoms with Gasteiger partial charge in [-0.05, 0) is 18.2 Å². The van der Waals surface area contributed by atoms with E-state index in [-0.39, 0.29) is 25.0 Å². The highest BCUT2D eigenvalue weighted by atomic mass is 16.7. The van der Waals surface area contributed by atoms with Gasteiger partial charge >= 0.3 is 0 Å². The molecular weight excluding hydrogens is 270 g/mol. The normalized spacial score (nSPS) is 12.0. The Balaban J connectivity index is 1.63. The molecule has 5 nitrogen and oxygen atoms in total. The van der Waals surface area contributed by atoms with Gasteiger partial charge in [0.15, 0.2) is 17.3 Å². The van der Waals surface area contributed by atoms with Gasteiger partial charge in [0.2, 0.25) is 6.79 Å². The van der Waals surface area contributed by atoms with Crippen LogP contribution in [0.2, 0.25) is 0 Å². The summed E-state index contributed by atoms with van der Waals surface area (Å²) in [6.45, 7) is 0.115. The fourth-order valence-electron chi connectivity index (χ4n) is 2.03. The lowest BCUT2D eigenvalue weighted by Crippen LogP contribution is -2.29. The molecule has 0 saturated heterocycles. The van der Waals surface area contributed by atoms with E-state index in [1.54, 1.807) is 42.5 Å². The number of ether oxygens (including phenoxy) is 2. The van der Waals surface area contributed by atoms with Gasteiger partial charge in [0.25, 0.3) is 5.91 Å². The minimum absolute atomic E-state index is 0.0444. The van der Waals surface area contributed by atoms with E-state index in [2.05, 4.69) is 5.32 Å². The van der Waals surface area contributed by atoms with E-state index in [1.165, 1.54) is 0 Å². The predicted octanol–water partition coefficient (Wildman–Crippen LogP) is 2.03. The molecule has 5 heteroatoms. The predicted molar refractivity (Wildman–Crippen MR) is 75.7 cm³/mol. The second-order valence-corrected chi connectivity index (χ2v) is 4.54. The summed E-state index contributed by atoms with van der Waals surface area (Å²) in [4.78, 5) is 23.9. The largest absolute Gasteiger partial charge is 0.454 e. The van der Waals surface area contributed by atoms with Crippen LogP contribution in [0.25, 0.3) is 0 Å². The van der Waals surface area contributed by atoms with Crippen molar-refractivity contribution in [3.05, 3.63) is 59.7 Å². The summed E-state index contributed by atoms with van der Waals surface area (Å²) in [5.41, 5.74) is 1.00. The van der Waals surface area contributed by atoms with Gasteiger partial charge in [-0.25, -0.2) is 0 Å². The minimum atomic E-state index is -0.322. The summed E-state index contributed by atoms with van der Waals surface area (Å²) >= 11 is 0. The molecule has 0 fully saturated rings. The second kappa shape index (κ2) is 5.66. The molecule has 1 aliphatic rings. The molecule has 0 saturated carbocycles. The number of fused-ring (bicyclic) bond motifs is 1. The van der Waals surface area contributed by atoms with Crippen molar-refractivity contribution in [1.82, 2.24) is 5.32 Å². The van der Waals surface area contributed by atoms with E-state index >= 15 is 0 Å². The van der Waals surface area contributed by atoms with Gasteiger partial charge in [0.1, 0.15) is 0 Å². The zero-order chi connectivity index (χ0) is 14.7. The molecule has 21 heavy (non-hydrogen) atoms. The smallest absolute Gasteiger partial charge is 0.251 e. The summed E-state index contributed by atoms with van der Waals surface area (Å²) in [5.74, 6) is 0.700. The number of nitrogens with one attached hydrogen (secondary N) is 1. The molecule has 1 N–H and O–H groups in total. The molecule has 3 rings (SSSR count). The van der Waals surface area contributed by atoms with Crippen LogP contribution < -0.4 is 14.8 Å². The first kappa shape index (κ1) is 13.2. The number of carbonyl (C=O) groups is 2. The van der Waals surface area contributed by atoms with E-state index in [4.69, 9.17) is 9.47 Å². The third-order valence-electron chi connectivity index (χ3n) is 3.14. The van der Waals surface area contributed by atoms with E-state index in [0.29, 0.717) is 22.6 Å². The first-order chi connectivity index (χ1) is 10.2. The molecule has 0 unspecified atom stereocenters. The molecule has 0 aliphatic carbocycles. The van der Waals surface area contributed by atoms with Crippen molar-refractivity contribution < 1.29 is 19.1 Å². The van der Waals surface area contributed by atoms with Gasteiger partial charge in [0.05, 0.1) is 6.54 Å². The number of ketones is 1. The Morgan fingerprint density at radius 3 is 2.52 bits per heavy atom. The maximum atomic E-state index is 12.0. The molecule has 2 aromatic rings. The highest BCUT2D eigenvalue weighted by Gasteiger charge is 2.16. The van der Waals surface area contributed by atoms with Crippen molar-refractivity contribution in [3.63, 3.8) is 0 Å². The first-order valence-electron chi connectivity index (χ1n) is 6.50. The Labute approximate surface area is 121 Å². The Hall–Kier alpha value is -2.82. The summed E-state index contributed by atoms with van der Waals surface area (Å²) < 4.78 is 10.4. The van der Waals surface area contributed by atoms with Crippen molar-refractivity contribution in [2.45, 2.75) is 0 Å². The Bertz CT molecular complexity index is 682. The fourth-order valence-corrected chi connectivity index (χ4v) is 2.03. The standard InChI is InChI=1S/C16H13NO4/c18-13(11-4-2-1-3-5-11)9-17-16(19)12-6-7-14-15(8-12)21-10-20-14/h1-8H,9-10H2,(H,17,19). The van der Waals surface area contributed by atoms with Crippen LogP contribution in [0, 0.1) is 0 Å². The van der Waals surface area contributed by atoms with Crippen LogP contribution in [0.1, 0.15) is 20.7 Å². The molecule has 2 aromatic carbocycles. The number of Topliss-reactive ketones (excluding diaryl/α,β-unsaturated/α-hetero) is 1. The summed E-state index contributed by atoms with van der Waals surface area (Å²) in [6, 6.07) is 13.8. The van der Waals surface area contributed by atoms with E-state index < -0.39 is 0 Å². The fraction of sp³-hybridized carbons (Fsp3) is 0.125. The molecule has 0 radical (unpaired) electrons. The van der Waals surface area contributed by atoms with Crippen molar-refractivity contribution in [1.29, 1.82) is 0 Å². The van der Waals surface area contributed by atoms with Crippen LogP contribution in [-0.2, 0) is 0 Å². The van der Waals surface area contributed by atoms with Crippen molar-refractivity contribution >= 4 is 11.7 Å². The van der Waals surface area contributed by atoms with Crippen molar-refractivity contribution in [2.24, 2.45) is 0 Å². The SMILES string of the molecule is O=C(CNC(=O)c1ccc2c(c1)OCO2)c1ccccc1. The van der Waals surface area contributed by atoms with Gasteiger partial charge in [-0.1, -0.05) is 30.3 Å². The average Bonchev–Trinajstić information content (AvgIpc) is 3.00. The minimum Gasteiger partial charge on any atom is -0.454 e. The number of carbonyl (C=O) groups excluding carboxylic acids is 2. The van der Waals surface area contributed by atoms with Crippen LogP contribution in [0.15, 0.2) is 48.5 Å². The summed E-state index contributed by atoms with van der Waals surface area (Å²) in [6.07, 6.45) is 0. The molecule has 1 amide bonds. The highest BCUT2D eigenvalue weighted by Crippen LogP contribution is 2.32. The zero-order valence-electron chi connectivity index (χ0n) is 11.2. The Morgan fingerprint density at radius 1 is 0.952 bits per heavy atom. The van der Waals surface area contributed by atoms with Crippen LogP contribution in [-0.4, -0.2) is 25.0 Å². The van der Waals surface area contributed by atoms with Crippen LogP contribution >= 0.6 is 0 Å². The molecule has 106 valence electrons. The zero-order valence-corrected chi connectivity index (χ0v) is 11.2. The van der Waals surface area contributed by atoms with Crippen LogP contribution in [0.4, 0.5) is 0 Å². The molecule has 1 aliphatic heterocycles. The quantitative estimate of drug-likeness (QED) is 0.872. The third kappa shape index (κ3) is 2.86. The maximum Gasteiger partial charge on any atom is 0.251 e. The number of rotatable bonds is 4. The molecular formula is C16H13NO4. The topological polar surface area (TPSA) is 64.6 Å². The Kier molecular flexibility index (Phi) is 3.55. The van der Waals surface area contributed by atoms with Crippen LogP contribution in [0.5, 0.6) is 11.5 Å². The first-order valence-corrected chi connectivity index (χ1v) is 6.50. The number of hydrogen-bond acceptors (Lipinski definition) is 4. The van der Waals surface area contributed by atoms with E-state index in [1.807, 2.05) is 6.07 Å². The second-order valence-electron chi connectivity index (χ2n) is 4.54. The monoisotopic (exact) mass is 283 g/mol. The molecule has 0 aromatic heterocycles. The van der Waals surface area contributed by atoms with Crippen molar-refractivity contribution in [2.75, 3.05) is 13.3 Å². The average molecular weight is 283 g/mol. The van der Waals surface area contributed by atoms with Gasteiger partial charge in [-0.15, -0.1) is 0 Å². The lowest BCUT2D eigenvalue weighted by molar-refractivity contribution is 0.0904. The van der Waals surface area contributed by atoms with Gasteiger partial charge in [-0.2, -0.15) is 0 Å². The molecule has 0 bridgehead atoms. The summed E-state index contributed by atoms with van der Waals surface area (Å²) in [5, 5.41) is 2.60. The number of benzene rings is 2. The van der Waals surface area contributed by atoms with Gasteiger partial charge < -0.3 is 14.8 Å². The van der Waals surface area contributed by atoms with Gasteiger partial charge in [0, 0.05) is 11.1 Å². The van der Waals surface area contributed by atoms with E-state index in [0.717, 1.165) is 0 Å². The molecule has 1 heterocycles. The maximum absolute atomic E-state index is 12.0. The number of hydrogen-bond donors (Lipinski definition) is 1. The molecule has 0 atom stereocenters. The lowest BCUT2D eigenvalue weighted by atomic mass is 10.1. The summed E-state index contributed by atoms with van der Waals surface area (Å²) in [7, 11) is 0. The van der Waals surface area contributed by atoms with Gasteiger partial charge in [-0.3, -0.25) is 9.59 Å². The van der Waals surface area contributed by atoms with Crippen molar-refractivity contribution in [3.8, 4) is 11.5 Å². The number of amides is 1. The molecule has 0 spiro atoms. The highest BCUT2D eigenvalue weighted by molar-refractivity contribution is 6.02. The third-order valence-corrected chi connectivity index (χ3v) is 3.14.